The minimum absolute atomic E-state index is 0.0122. The van der Waals surface area contributed by atoms with Crippen LogP contribution in [0, 0.1) is 11.6 Å². The molecule has 0 spiro atoms. The Bertz CT molecular complexity index is 1040. The molecule has 3 aromatic rings. The zero-order valence-electron chi connectivity index (χ0n) is 15.9. The van der Waals surface area contributed by atoms with Crippen LogP contribution in [0.4, 0.5) is 14.6 Å². The molecule has 0 aliphatic carbocycles. The van der Waals surface area contributed by atoms with Gasteiger partial charge in [-0.3, -0.25) is 9.69 Å². The first-order valence-electron chi connectivity index (χ1n) is 9.68. The molecule has 2 aromatic carbocycles. The maximum absolute atomic E-state index is 14.1. The summed E-state index contributed by atoms with van der Waals surface area (Å²) in [5.41, 5.74) is 7.82. The molecule has 0 amide bonds. The minimum atomic E-state index is -0.803. The van der Waals surface area contributed by atoms with Gasteiger partial charge in [-0.15, -0.1) is 0 Å². The van der Waals surface area contributed by atoms with E-state index < -0.39 is 11.6 Å². The number of carbonyl (C=O) groups excluding carboxylic acids is 1. The number of likely N-dealkylation sites (tertiary alicyclic amines) is 1. The lowest BCUT2D eigenvalue weighted by Gasteiger charge is -2.26. The molecule has 1 saturated heterocycles. The van der Waals surface area contributed by atoms with Gasteiger partial charge in [-0.05, 0) is 49.7 Å². The largest absolute Gasteiger partial charge is 0.383 e. The van der Waals surface area contributed by atoms with E-state index in [-0.39, 0.29) is 22.9 Å². The molecule has 1 fully saturated rings. The van der Waals surface area contributed by atoms with Crippen LogP contribution in [0.25, 0.3) is 5.69 Å². The zero-order chi connectivity index (χ0) is 20.4. The van der Waals surface area contributed by atoms with Gasteiger partial charge in [0, 0.05) is 18.2 Å². The number of nitrogens with two attached hydrogens (primary N) is 1. The van der Waals surface area contributed by atoms with E-state index in [1.54, 1.807) is 6.07 Å². The summed E-state index contributed by atoms with van der Waals surface area (Å²) in [6, 6.07) is 10.6. The molecule has 1 aliphatic rings. The number of halogens is 2. The number of ketones is 1. The quantitative estimate of drug-likeness (QED) is 0.664. The highest BCUT2D eigenvalue weighted by Gasteiger charge is 2.20. The van der Waals surface area contributed by atoms with Gasteiger partial charge in [-0.2, -0.15) is 5.10 Å². The molecule has 1 aliphatic heterocycles. The van der Waals surface area contributed by atoms with Crippen molar-refractivity contribution in [3.63, 3.8) is 0 Å². The highest BCUT2D eigenvalue weighted by Crippen LogP contribution is 2.23. The highest BCUT2D eigenvalue weighted by atomic mass is 19.1. The molecule has 2 N–H and O–H groups in total. The number of aromatic nitrogens is 2. The van der Waals surface area contributed by atoms with Gasteiger partial charge in [0.1, 0.15) is 17.3 Å². The SMILES string of the molecule is Nc1c(C(=O)c2cccc(CN3CCCCC3)c2)cnn1-c1ccc(F)cc1F. The van der Waals surface area contributed by atoms with E-state index in [9.17, 15) is 13.6 Å². The van der Waals surface area contributed by atoms with Gasteiger partial charge in [-0.25, -0.2) is 13.5 Å². The monoisotopic (exact) mass is 396 g/mol. The Balaban J connectivity index is 1.58. The highest BCUT2D eigenvalue weighted by molar-refractivity contribution is 6.11. The van der Waals surface area contributed by atoms with Crippen molar-refractivity contribution in [3.05, 3.63) is 77.0 Å². The van der Waals surface area contributed by atoms with E-state index in [0.717, 1.165) is 42.0 Å². The summed E-state index contributed by atoms with van der Waals surface area (Å²) in [6.07, 6.45) is 4.99. The predicted octanol–water partition coefficient (Wildman–Crippen LogP) is 3.95. The van der Waals surface area contributed by atoms with Crippen LogP contribution < -0.4 is 5.73 Å². The molecule has 2 heterocycles. The Morgan fingerprint density at radius 3 is 2.62 bits per heavy atom. The fraction of sp³-hybridized carbons (Fsp3) is 0.273. The van der Waals surface area contributed by atoms with Crippen LogP contribution in [0.15, 0.2) is 48.7 Å². The van der Waals surface area contributed by atoms with Gasteiger partial charge in [-0.1, -0.05) is 24.6 Å². The number of benzene rings is 2. The number of nitrogens with zero attached hydrogens (tertiary/aromatic N) is 3. The molecular weight excluding hydrogens is 374 g/mol. The number of hydrogen-bond donors (Lipinski definition) is 1. The van der Waals surface area contributed by atoms with Crippen LogP contribution in [0.5, 0.6) is 0 Å². The average molecular weight is 396 g/mol. The third-order valence-electron chi connectivity index (χ3n) is 5.23. The second-order valence-corrected chi connectivity index (χ2v) is 7.32. The molecule has 29 heavy (non-hydrogen) atoms. The first-order chi connectivity index (χ1) is 14.0. The standard InChI is InChI=1S/C22H22F2N4O/c23-17-7-8-20(19(24)12-17)28-22(25)18(13-26-28)21(29)16-6-4-5-15(11-16)14-27-9-2-1-3-10-27/h4-8,11-13H,1-3,9-10,14,25H2. The van der Waals surface area contributed by atoms with Crippen molar-refractivity contribution < 1.29 is 13.6 Å². The Morgan fingerprint density at radius 1 is 1.07 bits per heavy atom. The first-order valence-corrected chi connectivity index (χ1v) is 9.68. The van der Waals surface area contributed by atoms with Crippen molar-refractivity contribution in [1.29, 1.82) is 0 Å². The van der Waals surface area contributed by atoms with Crippen LogP contribution in [0.2, 0.25) is 0 Å². The smallest absolute Gasteiger partial charge is 0.198 e. The van der Waals surface area contributed by atoms with Gasteiger partial charge in [0.2, 0.25) is 0 Å². The van der Waals surface area contributed by atoms with Gasteiger partial charge in [0.05, 0.1) is 11.8 Å². The number of piperidine rings is 1. The van der Waals surface area contributed by atoms with E-state index >= 15 is 0 Å². The molecule has 0 atom stereocenters. The summed E-state index contributed by atoms with van der Waals surface area (Å²) in [4.78, 5) is 15.4. The molecule has 0 radical (unpaired) electrons. The van der Waals surface area contributed by atoms with Crippen molar-refractivity contribution in [1.82, 2.24) is 14.7 Å². The summed E-state index contributed by atoms with van der Waals surface area (Å²) >= 11 is 0. The minimum Gasteiger partial charge on any atom is -0.383 e. The first kappa shape index (κ1) is 19.3. The van der Waals surface area contributed by atoms with E-state index in [1.165, 1.54) is 31.5 Å². The molecule has 5 nitrogen and oxygen atoms in total. The maximum atomic E-state index is 14.1. The Hall–Kier alpha value is -3.06. The number of nitrogen functional groups attached to an aromatic ring is 1. The van der Waals surface area contributed by atoms with Gasteiger partial charge in [0.25, 0.3) is 0 Å². The molecule has 150 valence electrons. The van der Waals surface area contributed by atoms with Gasteiger partial charge in [0.15, 0.2) is 11.6 Å². The topological polar surface area (TPSA) is 64.2 Å². The summed E-state index contributed by atoms with van der Waals surface area (Å²) < 4.78 is 28.4. The lowest BCUT2D eigenvalue weighted by atomic mass is 10.0. The van der Waals surface area contributed by atoms with Crippen LogP contribution in [-0.4, -0.2) is 33.6 Å². The van der Waals surface area contributed by atoms with Gasteiger partial charge >= 0.3 is 0 Å². The third-order valence-corrected chi connectivity index (χ3v) is 5.23. The number of anilines is 1. The van der Waals surface area contributed by atoms with Crippen LogP contribution in [-0.2, 0) is 6.54 Å². The Kier molecular flexibility index (Phi) is 5.40. The summed E-state index contributed by atoms with van der Waals surface area (Å²) in [5, 5.41) is 4.04. The average Bonchev–Trinajstić information content (AvgIpc) is 3.09. The summed E-state index contributed by atoms with van der Waals surface area (Å²) in [7, 11) is 0. The zero-order valence-corrected chi connectivity index (χ0v) is 15.9. The Labute approximate surface area is 167 Å². The molecule has 0 unspecified atom stereocenters. The van der Waals surface area contributed by atoms with Crippen molar-refractivity contribution >= 4 is 11.6 Å². The fourth-order valence-electron chi connectivity index (χ4n) is 3.72. The van der Waals surface area contributed by atoms with Crippen LogP contribution in [0.1, 0.15) is 40.7 Å². The predicted molar refractivity (Wildman–Crippen MR) is 107 cm³/mol. The number of rotatable bonds is 5. The number of hydrogen-bond acceptors (Lipinski definition) is 4. The molecule has 1 aromatic heterocycles. The maximum Gasteiger partial charge on any atom is 0.198 e. The van der Waals surface area contributed by atoms with E-state index in [1.807, 2.05) is 18.2 Å². The van der Waals surface area contributed by atoms with Crippen LogP contribution in [0.3, 0.4) is 0 Å². The van der Waals surface area contributed by atoms with E-state index in [0.29, 0.717) is 5.56 Å². The Morgan fingerprint density at radius 2 is 1.86 bits per heavy atom. The summed E-state index contributed by atoms with van der Waals surface area (Å²) in [6.45, 7) is 2.94. The second-order valence-electron chi connectivity index (χ2n) is 7.32. The molecular formula is C22H22F2N4O. The van der Waals surface area contributed by atoms with Crippen molar-refractivity contribution in [3.8, 4) is 5.69 Å². The van der Waals surface area contributed by atoms with Crippen molar-refractivity contribution in [2.24, 2.45) is 0 Å². The molecule has 7 heteroatoms. The third kappa shape index (κ3) is 4.05. The van der Waals surface area contributed by atoms with E-state index in [4.69, 9.17) is 5.73 Å². The van der Waals surface area contributed by atoms with Crippen LogP contribution >= 0.6 is 0 Å². The molecule has 0 saturated carbocycles. The normalized spacial score (nSPS) is 14.8. The number of carbonyl (C=O) groups is 1. The second kappa shape index (κ2) is 8.13. The lowest BCUT2D eigenvalue weighted by molar-refractivity contribution is 0.103. The van der Waals surface area contributed by atoms with E-state index in [2.05, 4.69) is 10.00 Å². The summed E-state index contributed by atoms with van der Waals surface area (Å²) in [5.74, 6) is -1.76. The molecule has 4 rings (SSSR count). The van der Waals surface area contributed by atoms with Crippen molar-refractivity contribution in [2.75, 3.05) is 18.8 Å². The van der Waals surface area contributed by atoms with Crippen molar-refractivity contribution in [2.45, 2.75) is 25.8 Å². The van der Waals surface area contributed by atoms with Gasteiger partial charge < -0.3 is 5.73 Å². The molecule has 0 bridgehead atoms. The lowest BCUT2D eigenvalue weighted by Crippen LogP contribution is -2.29. The fourth-order valence-corrected chi connectivity index (χ4v) is 3.72.